The molecular formula is C26H25NO4. The largest absolute Gasteiger partial charge is 0.482 e. The summed E-state index contributed by atoms with van der Waals surface area (Å²) in [6, 6.07) is 25.4. The molecule has 0 fully saturated rings. The highest BCUT2D eigenvalue weighted by Gasteiger charge is 2.28. The van der Waals surface area contributed by atoms with Gasteiger partial charge < -0.3 is 15.2 Å². The number of hydrogen-bond acceptors (Lipinski definition) is 3. The van der Waals surface area contributed by atoms with Crippen LogP contribution in [0.2, 0.25) is 0 Å². The zero-order valence-electron chi connectivity index (χ0n) is 17.2. The lowest BCUT2D eigenvalue weighted by molar-refractivity contribution is -0.139. The number of fused-ring (bicyclic) bond motifs is 1. The Kier molecular flexibility index (Phi) is 6.32. The third-order valence-electron chi connectivity index (χ3n) is 5.71. The summed E-state index contributed by atoms with van der Waals surface area (Å²) in [6.07, 6.45) is 1.99. The molecule has 1 aliphatic rings. The number of nitrogens with one attached hydrogen (secondary N) is 1. The molecule has 2 N–H and O–H groups in total. The molecule has 0 saturated heterocycles. The van der Waals surface area contributed by atoms with Gasteiger partial charge in [-0.1, -0.05) is 72.8 Å². The van der Waals surface area contributed by atoms with E-state index in [1.54, 1.807) is 6.07 Å². The molecule has 5 nitrogen and oxygen atoms in total. The molecule has 0 bridgehead atoms. The van der Waals surface area contributed by atoms with Gasteiger partial charge in [-0.3, -0.25) is 4.79 Å². The summed E-state index contributed by atoms with van der Waals surface area (Å²) in [5.41, 5.74) is 4.14. The van der Waals surface area contributed by atoms with Gasteiger partial charge in [-0.25, -0.2) is 4.79 Å². The van der Waals surface area contributed by atoms with Crippen LogP contribution < -0.4 is 10.1 Å². The molecule has 5 heteroatoms. The lowest BCUT2D eigenvalue weighted by Gasteiger charge is -2.28. The molecule has 1 atom stereocenters. The van der Waals surface area contributed by atoms with Crippen molar-refractivity contribution in [2.75, 3.05) is 6.61 Å². The second kappa shape index (κ2) is 9.47. The van der Waals surface area contributed by atoms with E-state index in [0.29, 0.717) is 25.0 Å². The van der Waals surface area contributed by atoms with Gasteiger partial charge in [0.25, 0.3) is 0 Å². The highest BCUT2D eigenvalue weighted by Crippen LogP contribution is 2.33. The van der Waals surface area contributed by atoms with E-state index in [4.69, 9.17) is 9.84 Å². The Balaban J connectivity index is 1.51. The molecule has 0 aromatic heterocycles. The zero-order valence-corrected chi connectivity index (χ0v) is 17.2. The molecule has 0 aliphatic heterocycles. The van der Waals surface area contributed by atoms with E-state index in [2.05, 4.69) is 5.32 Å². The molecule has 1 amide bonds. The van der Waals surface area contributed by atoms with E-state index < -0.39 is 5.97 Å². The van der Waals surface area contributed by atoms with E-state index in [1.165, 1.54) is 0 Å². The van der Waals surface area contributed by atoms with Crippen LogP contribution in [0.1, 0.15) is 34.7 Å². The Labute approximate surface area is 181 Å². The van der Waals surface area contributed by atoms with Crippen LogP contribution in [0.5, 0.6) is 5.75 Å². The smallest absolute Gasteiger partial charge is 0.341 e. The fraction of sp³-hybridized carbons (Fsp3) is 0.231. The maximum absolute atomic E-state index is 13.2. The van der Waals surface area contributed by atoms with Crippen molar-refractivity contribution in [1.29, 1.82) is 0 Å². The van der Waals surface area contributed by atoms with E-state index in [9.17, 15) is 9.59 Å². The molecule has 0 spiro atoms. The molecule has 3 aromatic carbocycles. The minimum Gasteiger partial charge on any atom is -0.482 e. The Morgan fingerprint density at radius 1 is 0.935 bits per heavy atom. The van der Waals surface area contributed by atoms with Gasteiger partial charge in [-0.2, -0.15) is 0 Å². The molecule has 4 rings (SSSR count). The molecule has 31 heavy (non-hydrogen) atoms. The summed E-state index contributed by atoms with van der Waals surface area (Å²) in [5.74, 6) is -0.513. The van der Waals surface area contributed by atoms with Gasteiger partial charge in [-0.05, 0) is 47.6 Å². The van der Waals surface area contributed by atoms with Crippen LogP contribution in [-0.2, 0) is 22.4 Å². The summed E-state index contributed by atoms with van der Waals surface area (Å²) >= 11 is 0. The maximum atomic E-state index is 13.2. The molecule has 158 valence electrons. The minimum absolute atomic E-state index is 0.0280. The number of aliphatic carboxylic acids is 1. The van der Waals surface area contributed by atoms with Crippen LogP contribution in [0.4, 0.5) is 0 Å². The Hall–Kier alpha value is -3.60. The number of carboxylic acid groups (broad SMARTS) is 1. The average Bonchev–Trinajstić information content (AvgIpc) is 2.81. The number of carbonyl (C=O) groups excluding carboxylic acids is 1. The second-order valence-corrected chi connectivity index (χ2v) is 7.78. The van der Waals surface area contributed by atoms with Crippen LogP contribution in [0, 0.1) is 5.92 Å². The third-order valence-corrected chi connectivity index (χ3v) is 5.71. The van der Waals surface area contributed by atoms with Gasteiger partial charge in [0, 0.05) is 5.92 Å². The number of carboxylic acids is 1. The van der Waals surface area contributed by atoms with Crippen molar-refractivity contribution < 1.29 is 19.4 Å². The SMILES string of the molecule is O=C(O)COc1cccc2c1CCC(C(=O)NC(c1ccccc1)c1ccccc1)C2. The van der Waals surface area contributed by atoms with Gasteiger partial charge in [0.2, 0.25) is 5.91 Å². The number of ether oxygens (including phenoxy) is 1. The number of amides is 1. The molecule has 1 aliphatic carbocycles. The summed E-state index contributed by atoms with van der Waals surface area (Å²) in [7, 11) is 0. The first kappa shape index (κ1) is 20.7. The van der Waals surface area contributed by atoms with Crippen LogP contribution in [0.25, 0.3) is 0 Å². The Morgan fingerprint density at radius 2 is 1.58 bits per heavy atom. The van der Waals surface area contributed by atoms with Crippen LogP contribution >= 0.6 is 0 Å². The van der Waals surface area contributed by atoms with Gasteiger partial charge in [0.15, 0.2) is 6.61 Å². The number of rotatable bonds is 7. The molecule has 0 heterocycles. The monoisotopic (exact) mass is 415 g/mol. The summed E-state index contributed by atoms with van der Waals surface area (Å²) < 4.78 is 5.44. The standard InChI is InChI=1S/C26H25NO4/c28-24(29)17-31-23-13-7-12-20-16-21(14-15-22(20)23)26(30)27-25(18-8-3-1-4-9-18)19-10-5-2-6-11-19/h1-13,21,25H,14-17H2,(H,27,30)(H,28,29). The fourth-order valence-corrected chi connectivity index (χ4v) is 4.18. The Bertz CT molecular complexity index is 1010. The summed E-state index contributed by atoms with van der Waals surface area (Å²) in [6.45, 7) is -0.365. The number of carbonyl (C=O) groups is 2. The third kappa shape index (κ3) is 4.94. The molecule has 0 saturated carbocycles. The van der Waals surface area contributed by atoms with Crippen molar-refractivity contribution in [2.24, 2.45) is 5.92 Å². The lowest BCUT2D eigenvalue weighted by Crippen LogP contribution is -2.37. The normalized spacial score (nSPS) is 15.2. The van der Waals surface area contributed by atoms with E-state index in [0.717, 1.165) is 22.3 Å². The fourth-order valence-electron chi connectivity index (χ4n) is 4.18. The highest BCUT2D eigenvalue weighted by molar-refractivity contribution is 5.80. The summed E-state index contributed by atoms with van der Waals surface area (Å²) in [5, 5.41) is 12.1. The first-order chi connectivity index (χ1) is 15.1. The van der Waals surface area contributed by atoms with Crippen molar-refractivity contribution in [3.05, 3.63) is 101 Å². The van der Waals surface area contributed by atoms with E-state index in [-0.39, 0.29) is 24.5 Å². The van der Waals surface area contributed by atoms with Crippen molar-refractivity contribution in [1.82, 2.24) is 5.32 Å². The predicted molar refractivity (Wildman–Crippen MR) is 118 cm³/mol. The predicted octanol–water partition coefficient (Wildman–Crippen LogP) is 4.16. The topological polar surface area (TPSA) is 75.6 Å². The lowest BCUT2D eigenvalue weighted by atomic mass is 9.82. The van der Waals surface area contributed by atoms with Crippen molar-refractivity contribution in [3.8, 4) is 5.75 Å². The van der Waals surface area contributed by atoms with Crippen LogP contribution in [0.15, 0.2) is 78.9 Å². The van der Waals surface area contributed by atoms with Crippen molar-refractivity contribution in [2.45, 2.75) is 25.3 Å². The van der Waals surface area contributed by atoms with Crippen LogP contribution in [-0.4, -0.2) is 23.6 Å². The van der Waals surface area contributed by atoms with Crippen LogP contribution in [0.3, 0.4) is 0 Å². The minimum atomic E-state index is -1.00. The number of benzene rings is 3. The van der Waals surface area contributed by atoms with Gasteiger partial charge in [-0.15, -0.1) is 0 Å². The van der Waals surface area contributed by atoms with Gasteiger partial charge in [0.05, 0.1) is 6.04 Å². The number of hydrogen-bond donors (Lipinski definition) is 2. The van der Waals surface area contributed by atoms with E-state index >= 15 is 0 Å². The summed E-state index contributed by atoms with van der Waals surface area (Å²) in [4.78, 5) is 24.1. The quantitative estimate of drug-likeness (QED) is 0.608. The first-order valence-corrected chi connectivity index (χ1v) is 10.5. The molecular weight excluding hydrogens is 390 g/mol. The first-order valence-electron chi connectivity index (χ1n) is 10.5. The van der Waals surface area contributed by atoms with E-state index in [1.807, 2.05) is 72.8 Å². The Morgan fingerprint density at radius 3 is 2.19 bits per heavy atom. The highest BCUT2D eigenvalue weighted by atomic mass is 16.5. The van der Waals surface area contributed by atoms with Gasteiger partial charge in [0.1, 0.15) is 5.75 Å². The second-order valence-electron chi connectivity index (χ2n) is 7.78. The maximum Gasteiger partial charge on any atom is 0.341 e. The molecule has 0 radical (unpaired) electrons. The average molecular weight is 415 g/mol. The van der Waals surface area contributed by atoms with Gasteiger partial charge >= 0.3 is 5.97 Å². The molecule has 3 aromatic rings. The van der Waals surface area contributed by atoms with Crippen molar-refractivity contribution in [3.63, 3.8) is 0 Å². The zero-order chi connectivity index (χ0) is 21.6. The molecule has 1 unspecified atom stereocenters. The van der Waals surface area contributed by atoms with Crippen molar-refractivity contribution >= 4 is 11.9 Å².